The van der Waals surface area contributed by atoms with Gasteiger partial charge in [-0.25, -0.2) is 0 Å². The fourth-order valence-electron chi connectivity index (χ4n) is 1.93. The highest BCUT2D eigenvalue weighted by Crippen LogP contribution is 2.30. The van der Waals surface area contributed by atoms with Gasteiger partial charge in [0, 0.05) is 6.42 Å². The lowest BCUT2D eigenvalue weighted by molar-refractivity contribution is 0.100. The van der Waals surface area contributed by atoms with E-state index in [0.717, 1.165) is 10.8 Å². The van der Waals surface area contributed by atoms with Crippen LogP contribution in [0.4, 0.5) is 0 Å². The Morgan fingerprint density at radius 2 is 2.00 bits per heavy atom. The van der Waals surface area contributed by atoms with Gasteiger partial charge in [-0.3, -0.25) is 4.79 Å². The van der Waals surface area contributed by atoms with Crippen molar-refractivity contribution in [3.05, 3.63) is 42.0 Å². The summed E-state index contributed by atoms with van der Waals surface area (Å²) in [5.74, 6) is 0.588. The second-order valence-corrected chi connectivity index (χ2v) is 3.67. The molecule has 78 valence electrons. The molecule has 0 bridgehead atoms. The summed E-state index contributed by atoms with van der Waals surface area (Å²) in [6.45, 7) is 0. The van der Waals surface area contributed by atoms with E-state index >= 15 is 0 Å². The summed E-state index contributed by atoms with van der Waals surface area (Å²) >= 11 is 0. The molecule has 1 heterocycles. The predicted octanol–water partition coefficient (Wildman–Crippen LogP) is 2.79. The molecular formula is C13H9NO2. The SMILES string of the molecule is O=C1CC=NOc2ccc3ccccc3c21. The average Bonchev–Trinajstić information content (AvgIpc) is 2.51. The van der Waals surface area contributed by atoms with Gasteiger partial charge in [-0.2, -0.15) is 0 Å². The van der Waals surface area contributed by atoms with Crippen molar-refractivity contribution < 1.29 is 9.63 Å². The van der Waals surface area contributed by atoms with Crippen molar-refractivity contribution in [2.75, 3.05) is 0 Å². The van der Waals surface area contributed by atoms with E-state index in [0.29, 0.717) is 17.7 Å². The third kappa shape index (κ3) is 1.29. The van der Waals surface area contributed by atoms with Gasteiger partial charge in [0.2, 0.25) is 0 Å². The Morgan fingerprint density at radius 3 is 2.94 bits per heavy atom. The largest absolute Gasteiger partial charge is 0.357 e. The number of carbonyl (C=O) groups excluding carboxylic acids is 1. The van der Waals surface area contributed by atoms with Crippen LogP contribution in [0.5, 0.6) is 5.75 Å². The molecule has 1 aliphatic rings. The van der Waals surface area contributed by atoms with Gasteiger partial charge in [-0.05, 0) is 16.8 Å². The summed E-state index contributed by atoms with van der Waals surface area (Å²) in [5, 5.41) is 5.69. The topological polar surface area (TPSA) is 38.7 Å². The van der Waals surface area contributed by atoms with E-state index < -0.39 is 0 Å². The molecule has 0 unspecified atom stereocenters. The number of fused-ring (bicyclic) bond motifs is 3. The Bertz CT molecular complexity index is 602. The average molecular weight is 211 g/mol. The first-order valence-electron chi connectivity index (χ1n) is 5.10. The maximum absolute atomic E-state index is 11.9. The zero-order valence-corrected chi connectivity index (χ0v) is 8.51. The summed E-state index contributed by atoms with van der Waals surface area (Å²) in [7, 11) is 0. The van der Waals surface area contributed by atoms with Crippen LogP contribution in [0.15, 0.2) is 41.6 Å². The van der Waals surface area contributed by atoms with Crippen LogP contribution in [0, 0.1) is 0 Å². The summed E-state index contributed by atoms with van der Waals surface area (Å²) in [5.41, 5.74) is 0.635. The first-order chi connectivity index (χ1) is 7.86. The van der Waals surface area contributed by atoms with Crippen LogP contribution in [0.3, 0.4) is 0 Å². The van der Waals surface area contributed by atoms with Crippen LogP contribution in [0.2, 0.25) is 0 Å². The Labute approximate surface area is 92.3 Å². The normalized spacial score (nSPS) is 14.4. The zero-order chi connectivity index (χ0) is 11.0. The molecule has 0 radical (unpaired) electrons. The number of hydrogen-bond acceptors (Lipinski definition) is 3. The van der Waals surface area contributed by atoms with Crippen molar-refractivity contribution in [1.29, 1.82) is 0 Å². The van der Waals surface area contributed by atoms with E-state index in [2.05, 4.69) is 5.16 Å². The summed E-state index contributed by atoms with van der Waals surface area (Å²) in [6, 6.07) is 11.5. The lowest BCUT2D eigenvalue weighted by Gasteiger charge is -2.06. The molecule has 0 fully saturated rings. The van der Waals surface area contributed by atoms with Crippen molar-refractivity contribution in [3.8, 4) is 5.75 Å². The van der Waals surface area contributed by atoms with Crippen LogP contribution >= 0.6 is 0 Å². The van der Waals surface area contributed by atoms with Crippen molar-refractivity contribution in [3.63, 3.8) is 0 Å². The van der Waals surface area contributed by atoms with Crippen molar-refractivity contribution in [2.24, 2.45) is 5.16 Å². The number of rotatable bonds is 0. The van der Waals surface area contributed by atoms with Gasteiger partial charge in [0.25, 0.3) is 0 Å². The Morgan fingerprint density at radius 1 is 1.12 bits per heavy atom. The number of carbonyl (C=O) groups is 1. The van der Waals surface area contributed by atoms with E-state index in [9.17, 15) is 4.79 Å². The molecule has 0 N–H and O–H groups in total. The molecule has 0 aromatic heterocycles. The first kappa shape index (κ1) is 9.09. The highest BCUT2D eigenvalue weighted by molar-refractivity contribution is 6.14. The van der Waals surface area contributed by atoms with Crippen LogP contribution < -0.4 is 4.84 Å². The molecule has 0 amide bonds. The zero-order valence-electron chi connectivity index (χ0n) is 8.51. The first-order valence-corrected chi connectivity index (χ1v) is 5.10. The fraction of sp³-hybridized carbons (Fsp3) is 0.0769. The molecular weight excluding hydrogens is 202 g/mol. The van der Waals surface area contributed by atoms with E-state index in [1.165, 1.54) is 6.21 Å². The van der Waals surface area contributed by atoms with Crippen molar-refractivity contribution in [2.45, 2.75) is 6.42 Å². The second-order valence-electron chi connectivity index (χ2n) is 3.67. The Kier molecular flexibility index (Phi) is 1.96. The Balaban J connectivity index is 2.37. The minimum absolute atomic E-state index is 0.0491. The lowest BCUT2D eigenvalue weighted by atomic mass is 9.99. The lowest BCUT2D eigenvalue weighted by Crippen LogP contribution is -2.00. The molecule has 1 aliphatic heterocycles. The van der Waals surface area contributed by atoms with E-state index in [-0.39, 0.29) is 5.78 Å². The molecule has 3 heteroatoms. The minimum atomic E-state index is 0.0491. The number of ketones is 1. The van der Waals surface area contributed by atoms with Gasteiger partial charge < -0.3 is 4.84 Å². The third-order valence-corrected chi connectivity index (χ3v) is 2.67. The molecule has 16 heavy (non-hydrogen) atoms. The van der Waals surface area contributed by atoms with Gasteiger partial charge in [0.15, 0.2) is 11.5 Å². The quantitative estimate of drug-likeness (QED) is 0.672. The van der Waals surface area contributed by atoms with Gasteiger partial charge in [-0.15, -0.1) is 0 Å². The Hall–Kier alpha value is -2.16. The number of benzene rings is 2. The maximum Gasteiger partial charge on any atom is 0.172 e. The summed E-state index contributed by atoms with van der Waals surface area (Å²) < 4.78 is 0. The summed E-state index contributed by atoms with van der Waals surface area (Å²) in [6.07, 6.45) is 1.79. The minimum Gasteiger partial charge on any atom is -0.357 e. The standard InChI is InChI=1S/C13H9NO2/c15-11-7-8-14-16-12-6-5-9-3-1-2-4-10(9)13(11)12/h1-6,8H,7H2. The molecule has 0 spiro atoms. The molecule has 0 aliphatic carbocycles. The third-order valence-electron chi connectivity index (χ3n) is 2.67. The fourth-order valence-corrected chi connectivity index (χ4v) is 1.93. The molecule has 3 nitrogen and oxygen atoms in total. The maximum atomic E-state index is 11.9. The number of nitrogens with zero attached hydrogens (tertiary/aromatic N) is 1. The van der Waals surface area contributed by atoms with Crippen LogP contribution in [-0.4, -0.2) is 12.0 Å². The monoisotopic (exact) mass is 211 g/mol. The smallest absolute Gasteiger partial charge is 0.172 e. The van der Waals surface area contributed by atoms with Crippen LogP contribution in [-0.2, 0) is 0 Å². The number of oxime groups is 1. The number of hydrogen-bond donors (Lipinski definition) is 0. The number of Topliss-reactive ketones (excluding diaryl/α,β-unsaturated/α-hetero) is 1. The highest BCUT2D eigenvalue weighted by atomic mass is 16.6. The molecule has 0 saturated heterocycles. The van der Waals surface area contributed by atoms with E-state index in [4.69, 9.17) is 4.84 Å². The van der Waals surface area contributed by atoms with Crippen molar-refractivity contribution >= 4 is 22.8 Å². The van der Waals surface area contributed by atoms with Crippen molar-refractivity contribution in [1.82, 2.24) is 0 Å². The van der Waals surface area contributed by atoms with Gasteiger partial charge in [-0.1, -0.05) is 35.5 Å². The molecule has 2 aromatic carbocycles. The van der Waals surface area contributed by atoms with E-state index in [1.807, 2.05) is 30.3 Å². The summed E-state index contributed by atoms with van der Waals surface area (Å²) in [4.78, 5) is 17.1. The predicted molar refractivity (Wildman–Crippen MR) is 62.0 cm³/mol. The molecule has 0 atom stereocenters. The van der Waals surface area contributed by atoms with E-state index in [1.54, 1.807) is 6.07 Å². The molecule has 3 rings (SSSR count). The van der Waals surface area contributed by atoms with Gasteiger partial charge in [0.1, 0.15) is 0 Å². The molecule has 2 aromatic rings. The van der Waals surface area contributed by atoms with Gasteiger partial charge in [0.05, 0.1) is 11.8 Å². The second kappa shape index (κ2) is 3.45. The van der Waals surface area contributed by atoms with Crippen LogP contribution in [0.1, 0.15) is 16.8 Å². The highest BCUT2D eigenvalue weighted by Gasteiger charge is 2.18. The molecule has 0 saturated carbocycles. The van der Waals surface area contributed by atoms with Crippen LogP contribution in [0.25, 0.3) is 10.8 Å². The van der Waals surface area contributed by atoms with Gasteiger partial charge >= 0.3 is 0 Å².